The van der Waals surface area contributed by atoms with Gasteiger partial charge in [-0.1, -0.05) is 55.3 Å². The third kappa shape index (κ3) is 2.59. The molecule has 2 aliphatic carbocycles. The zero-order valence-electron chi connectivity index (χ0n) is 20.4. The van der Waals surface area contributed by atoms with Gasteiger partial charge in [0.1, 0.15) is 0 Å². The summed E-state index contributed by atoms with van der Waals surface area (Å²) in [6.07, 6.45) is 7.89. The first-order valence-electron chi connectivity index (χ1n) is 12.5. The van der Waals surface area contributed by atoms with Crippen molar-refractivity contribution in [3.63, 3.8) is 0 Å². The van der Waals surface area contributed by atoms with Crippen LogP contribution in [0.2, 0.25) is 0 Å². The highest BCUT2D eigenvalue weighted by molar-refractivity contribution is 6.07. The van der Waals surface area contributed by atoms with E-state index in [-0.39, 0.29) is 22.8 Å². The molecule has 1 aromatic carbocycles. The first kappa shape index (κ1) is 21.9. The van der Waals surface area contributed by atoms with E-state index in [1.54, 1.807) is 0 Å². The second kappa shape index (κ2) is 7.55. The average molecular weight is 435 g/mol. The number of hydrogen-bond donors (Lipinski definition) is 0. The third-order valence-electron chi connectivity index (χ3n) is 9.38. The largest absolute Gasteiger partial charge is 0.464 e. The SMILES string of the molecule is CCOC(=O)C12N=C(c3ccccc3)C3C4CCCC41N(C)CC2C3(C)CCC=C(C)C. The Morgan fingerprint density at radius 2 is 2.03 bits per heavy atom. The number of likely N-dealkylation sites (tertiary alicyclic amines) is 1. The van der Waals surface area contributed by atoms with Crippen LogP contribution in [-0.2, 0) is 9.53 Å². The summed E-state index contributed by atoms with van der Waals surface area (Å²) in [7, 11) is 2.24. The number of aliphatic imine (C=N–C) groups is 1. The molecule has 5 aliphatic rings. The molecule has 172 valence electrons. The second-order valence-corrected chi connectivity index (χ2v) is 11.0. The van der Waals surface area contributed by atoms with Crippen molar-refractivity contribution < 1.29 is 9.53 Å². The van der Waals surface area contributed by atoms with Gasteiger partial charge in [-0.3, -0.25) is 9.89 Å². The Balaban J connectivity index is 1.75. The van der Waals surface area contributed by atoms with Gasteiger partial charge in [-0.2, -0.15) is 0 Å². The molecule has 1 spiro atoms. The van der Waals surface area contributed by atoms with Gasteiger partial charge in [-0.25, -0.2) is 4.79 Å². The highest BCUT2D eigenvalue weighted by Crippen LogP contribution is 2.73. The van der Waals surface area contributed by atoms with E-state index in [1.807, 2.05) is 6.92 Å². The second-order valence-electron chi connectivity index (χ2n) is 11.0. The van der Waals surface area contributed by atoms with Gasteiger partial charge in [0.05, 0.1) is 12.1 Å². The molecular weight excluding hydrogens is 396 g/mol. The van der Waals surface area contributed by atoms with Crippen LogP contribution in [0.4, 0.5) is 0 Å². The predicted molar refractivity (Wildman–Crippen MR) is 129 cm³/mol. The summed E-state index contributed by atoms with van der Waals surface area (Å²) in [5.74, 6) is 0.932. The predicted octanol–water partition coefficient (Wildman–Crippen LogP) is 5.27. The molecule has 0 radical (unpaired) electrons. The van der Waals surface area contributed by atoms with E-state index in [9.17, 15) is 4.79 Å². The van der Waals surface area contributed by atoms with Crippen molar-refractivity contribution in [2.75, 3.05) is 20.2 Å². The van der Waals surface area contributed by atoms with Crippen LogP contribution < -0.4 is 0 Å². The number of hydrogen-bond acceptors (Lipinski definition) is 4. The summed E-state index contributed by atoms with van der Waals surface area (Å²) in [5, 5.41) is 0. The normalized spacial score (nSPS) is 39.5. The topological polar surface area (TPSA) is 41.9 Å². The molecule has 0 amide bonds. The fourth-order valence-corrected chi connectivity index (χ4v) is 8.33. The Kier molecular flexibility index (Phi) is 5.16. The van der Waals surface area contributed by atoms with Crippen molar-refractivity contribution in [2.24, 2.45) is 28.2 Å². The number of carbonyl (C=O) groups excluding carboxylic acids is 1. The van der Waals surface area contributed by atoms with E-state index in [0.717, 1.165) is 31.5 Å². The zero-order valence-corrected chi connectivity index (χ0v) is 20.4. The van der Waals surface area contributed by atoms with E-state index in [2.05, 4.69) is 69.1 Å². The maximum absolute atomic E-state index is 14.0. The Hall–Kier alpha value is -1.94. The number of esters is 1. The number of rotatable bonds is 6. The van der Waals surface area contributed by atoms with Crippen LogP contribution >= 0.6 is 0 Å². The van der Waals surface area contributed by atoms with Crippen molar-refractivity contribution in [3.05, 3.63) is 47.5 Å². The van der Waals surface area contributed by atoms with Crippen LogP contribution in [0.25, 0.3) is 0 Å². The van der Waals surface area contributed by atoms with Gasteiger partial charge in [-0.05, 0) is 70.4 Å². The van der Waals surface area contributed by atoms with Crippen LogP contribution in [0.1, 0.15) is 65.4 Å². The van der Waals surface area contributed by atoms with Gasteiger partial charge in [0.2, 0.25) is 0 Å². The van der Waals surface area contributed by atoms with Gasteiger partial charge < -0.3 is 4.74 Å². The number of allylic oxidation sites excluding steroid dienone is 2. The first-order valence-corrected chi connectivity index (χ1v) is 12.5. The number of ether oxygens (including phenoxy) is 1. The number of benzene rings is 1. The highest BCUT2D eigenvalue weighted by Gasteiger charge is 2.82. The minimum atomic E-state index is -0.793. The van der Waals surface area contributed by atoms with Gasteiger partial charge >= 0.3 is 5.97 Å². The molecule has 4 nitrogen and oxygen atoms in total. The lowest BCUT2D eigenvalue weighted by Gasteiger charge is -2.64. The summed E-state index contributed by atoms with van der Waals surface area (Å²) in [6, 6.07) is 10.6. The summed E-state index contributed by atoms with van der Waals surface area (Å²) in [4.78, 5) is 22.0. The van der Waals surface area contributed by atoms with E-state index in [4.69, 9.17) is 9.73 Å². The molecule has 3 aliphatic heterocycles. The van der Waals surface area contributed by atoms with E-state index in [1.165, 1.54) is 24.0 Å². The Labute approximate surface area is 193 Å². The minimum absolute atomic E-state index is 0.00883. The average Bonchev–Trinajstić information content (AvgIpc) is 3.32. The number of nitrogens with zero attached hydrogens (tertiary/aromatic N) is 2. The van der Waals surface area contributed by atoms with Gasteiger partial charge in [0.25, 0.3) is 0 Å². The highest BCUT2D eigenvalue weighted by atomic mass is 16.5. The molecule has 3 heterocycles. The summed E-state index contributed by atoms with van der Waals surface area (Å²) >= 11 is 0. The molecule has 4 bridgehead atoms. The van der Waals surface area contributed by atoms with Crippen molar-refractivity contribution >= 4 is 11.7 Å². The van der Waals surface area contributed by atoms with Crippen LogP contribution in [0.5, 0.6) is 0 Å². The van der Waals surface area contributed by atoms with E-state index < -0.39 is 5.54 Å². The minimum Gasteiger partial charge on any atom is -0.464 e. The smallest absolute Gasteiger partial charge is 0.336 e. The van der Waals surface area contributed by atoms with Crippen LogP contribution in [-0.4, -0.2) is 47.9 Å². The Morgan fingerprint density at radius 1 is 1.28 bits per heavy atom. The maximum atomic E-state index is 14.0. The van der Waals surface area contributed by atoms with Crippen LogP contribution in [0.3, 0.4) is 0 Å². The van der Waals surface area contributed by atoms with Crippen LogP contribution in [0, 0.1) is 23.2 Å². The van der Waals surface area contributed by atoms with Crippen molar-refractivity contribution in [2.45, 2.75) is 70.9 Å². The lowest BCUT2D eigenvalue weighted by atomic mass is 9.43. The molecular formula is C28H38N2O2. The van der Waals surface area contributed by atoms with E-state index in [0.29, 0.717) is 18.4 Å². The van der Waals surface area contributed by atoms with Gasteiger partial charge in [0, 0.05) is 24.1 Å². The van der Waals surface area contributed by atoms with Crippen molar-refractivity contribution in [3.8, 4) is 0 Å². The van der Waals surface area contributed by atoms with Crippen molar-refractivity contribution in [1.82, 2.24) is 4.90 Å². The number of carbonyl (C=O) groups is 1. The molecule has 1 aromatic rings. The molecule has 3 fully saturated rings. The number of likely N-dealkylation sites (N-methyl/N-ethyl adjacent to an activating group) is 1. The zero-order chi connectivity index (χ0) is 22.7. The standard InChI is InChI=1S/C28H38N2O2/c1-6-32-25(31)28-22-18-30(5)27(28)17-11-15-21(27)23(26(22,4)16-10-12-19(2)3)24(29-28)20-13-8-7-9-14-20/h7-9,12-14,21-23H,6,10-11,15-18H2,1-5H3. The maximum Gasteiger partial charge on any atom is 0.336 e. The lowest BCUT2D eigenvalue weighted by molar-refractivity contribution is -0.168. The van der Waals surface area contributed by atoms with Gasteiger partial charge in [0.15, 0.2) is 5.54 Å². The van der Waals surface area contributed by atoms with Crippen LogP contribution in [0.15, 0.2) is 47.0 Å². The first-order chi connectivity index (χ1) is 15.3. The molecule has 6 unspecified atom stereocenters. The fourth-order valence-electron chi connectivity index (χ4n) is 8.33. The third-order valence-corrected chi connectivity index (χ3v) is 9.38. The molecule has 2 saturated carbocycles. The van der Waals surface area contributed by atoms with Gasteiger partial charge in [-0.15, -0.1) is 0 Å². The molecule has 6 atom stereocenters. The Bertz CT molecular complexity index is 965. The quantitative estimate of drug-likeness (QED) is 0.452. The molecule has 4 heteroatoms. The summed E-state index contributed by atoms with van der Waals surface area (Å²) < 4.78 is 5.87. The summed E-state index contributed by atoms with van der Waals surface area (Å²) in [5.41, 5.74) is 2.73. The fraction of sp³-hybridized carbons (Fsp3) is 0.643. The molecule has 0 N–H and O–H groups in total. The molecule has 0 aromatic heterocycles. The van der Waals surface area contributed by atoms with E-state index >= 15 is 0 Å². The Morgan fingerprint density at radius 3 is 2.72 bits per heavy atom. The molecule has 32 heavy (non-hydrogen) atoms. The molecule has 1 saturated heterocycles. The van der Waals surface area contributed by atoms with Crippen molar-refractivity contribution in [1.29, 1.82) is 0 Å². The summed E-state index contributed by atoms with van der Waals surface area (Å²) in [6.45, 7) is 10.1. The monoisotopic (exact) mass is 434 g/mol. The molecule has 6 rings (SSSR count). The lowest BCUT2D eigenvalue weighted by Crippen LogP contribution is -2.75.